The molecule has 0 bridgehead atoms. The molecule has 0 fully saturated rings. The van der Waals surface area contributed by atoms with Crippen LogP contribution in [0.15, 0.2) is 36.5 Å². The van der Waals surface area contributed by atoms with Crippen molar-refractivity contribution in [1.29, 1.82) is 0 Å². The standard InChI is InChI=1S/C20H21N3O3.ClH/c1-5-26-20(24)15-11-21-19-14(8-7-13(3)22-19)18(15)23-16-10-12(2)6-9-17(16)25-4;/h6-11H,5H2,1-4H3,(H,21,22,23);1H. The number of halogens is 1. The van der Waals surface area contributed by atoms with E-state index in [1.807, 2.05) is 44.2 Å². The summed E-state index contributed by atoms with van der Waals surface area (Å²) >= 11 is 0. The van der Waals surface area contributed by atoms with Crippen LogP contribution in [0.5, 0.6) is 5.75 Å². The van der Waals surface area contributed by atoms with E-state index in [2.05, 4.69) is 15.3 Å². The van der Waals surface area contributed by atoms with E-state index in [1.165, 1.54) is 6.20 Å². The first-order chi connectivity index (χ1) is 12.5. The lowest BCUT2D eigenvalue weighted by Gasteiger charge is -2.16. The maximum atomic E-state index is 12.4. The highest BCUT2D eigenvalue weighted by Crippen LogP contribution is 2.34. The van der Waals surface area contributed by atoms with Gasteiger partial charge in [0.2, 0.25) is 0 Å². The van der Waals surface area contributed by atoms with Gasteiger partial charge >= 0.3 is 5.97 Å². The highest BCUT2D eigenvalue weighted by atomic mass is 35.5. The summed E-state index contributed by atoms with van der Waals surface area (Å²) < 4.78 is 10.6. The predicted octanol–water partition coefficient (Wildman–Crippen LogP) is 4.60. The third-order valence-electron chi connectivity index (χ3n) is 3.98. The second-order valence-electron chi connectivity index (χ2n) is 5.92. The van der Waals surface area contributed by atoms with Crippen molar-refractivity contribution in [3.63, 3.8) is 0 Å². The SMILES string of the molecule is CCOC(=O)c1cnc2nc(C)ccc2c1Nc1cc(C)ccc1OC.Cl. The van der Waals surface area contributed by atoms with Crippen molar-refractivity contribution in [1.82, 2.24) is 9.97 Å². The lowest BCUT2D eigenvalue weighted by atomic mass is 10.1. The number of nitrogens with one attached hydrogen (secondary N) is 1. The van der Waals surface area contributed by atoms with Crippen molar-refractivity contribution in [3.8, 4) is 5.75 Å². The summed E-state index contributed by atoms with van der Waals surface area (Å²) in [5, 5.41) is 4.07. The summed E-state index contributed by atoms with van der Waals surface area (Å²) in [7, 11) is 1.61. The van der Waals surface area contributed by atoms with Crippen LogP contribution in [0.2, 0.25) is 0 Å². The number of benzene rings is 1. The first-order valence-electron chi connectivity index (χ1n) is 8.38. The van der Waals surface area contributed by atoms with Gasteiger partial charge in [0.25, 0.3) is 0 Å². The number of fused-ring (bicyclic) bond motifs is 1. The van der Waals surface area contributed by atoms with Crippen LogP contribution in [0.4, 0.5) is 11.4 Å². The summed E-state index contributed by atoms with van der Waals surface area (Å²) in [5.74, 6) is 0.243. The lowest BCUT2D eigenvalue weighted by Crippen LogP contribution is -2.10. The molecule has 3 aromatic rings. The van der Waals surface area contributed by atoms with E-state index < -0.39 is 5.97 Å². The fourth-order valence-corrected chi connectivity index (χ4v) is 2.72. The summed E-state index contributed by atoms with van der Waals surface area (Å²) in [6.07, 6.45) is 1.50. The number of anilines is 2. The zero-order chi connectivity index (χ0) is 18.7. The first kappa shape index (κ1) is 20.5. The minimum Gasteiger partial charge on any atom is -0.495 e. The van der Waals surface area contributed by atoms with Gasteiger partial charge in [-0.05, 0) is 50.6 Å². The normalized spacial score (nSPS) is 10.2. The second-order valence-corrected chi connectivity index (χ2v) is 5.92. The van der Waals surface area contributed by atoms with Gasteiger partial charge in [0.05, 0.1) is 25.1 Å². The number of nitrogens with zero attached hydrogens (tertiary/aromatic N) is 2. The molecule has 0 unspecified atom stereocenters. The van der Waals surface area contributed by atoms with Gasteiger partial charge in [0.1, 0.15) is 11.3 Å². The van der Waals surface area contributed by atoms with Gasteiger partial charge in [-0.25, -0.2) is 14.8 Å². The van der Waals surface area contributed by atoms with E-state index in [0.717, 1.165) is 22.3 Å². The fourth-order valence-electron chi connectivity index (χ4n) is 2.72. The number of hydrogen-bond acceptors (Lipinski definition) is 6. The number of ether oxygens (including phenoxy) is 2. The Bertz CT molecular complexity index is 976. The third-order valence-corrected chi connectivity index (χ3v) is 3.98. The van der Waals surface area contributed by atoms with Gasteiger partial charge in [0, 0.05) is 17.3 Å². The molecule has 0 atom stereocenters. The van der Waals surface area contributed by atoms with E-state index in [1.54, 1.807) is 14.0 Å². The Hall–Kier alpha value is -2.86. The summed E-state index contributed by atoms with van der Waals surface area (Å²) in [4.78, 5) is 21.2. The van der Waals surface area contributed by atoms with Crippen molar-refractivity contribution in [2.45, 2.75) is 20.8 Å². The first-order valence-corrected chi connectivity index (χ1v) is 8.38. The van der Waals surface area contributed by atoms with Crippen LogP contribution >= 0.6 is 12.4 Å². The number of pyridine rings is 2. The maximum absolute atomic E-state index is 12.4. The van der Waals surface area contributed by atoms with E-state index in [0.29, 0.717) is 22.6 Å². The van der Waals surface area contributed by atoms with Gasteiger partial charge < -0.3 is 14.8 Å². The minimum absolute atomic E-state index is 0. The van der Waals surface area contributed by atoms with Crippen LogP contribution in [0.25, 0.3) is 11.0 Å². The van der Waals surface area contributed by atoms with Crippen molar-refractivity contribution >= 4 is 40.8 Å². The molecular formula is C20H22ClN3O3. The van der Waals surface area contributed by atoms with E-state index in [-0.39, 0.29) is 19.0 Å². The van der Waals surface area contributed by atoms with E-state index in [4.69, 9.17) is 9.47 Å². The lowest BCUT2D eigenvalue weighted by molar-refractivity contribution is 0.0527. The molecule has 0 aliphatic carbocycles. The second kappa shape index (κ2) is 8.68. The molecule has 0 saturated heterocycles. The number of aromatic nitrogens is 2. The monoisotopic (exact) mass is 387 g/mol. The highest BCUT2D eigenvalue weighted by molar-refractivity contribution is 6.05. The zero-order valence-electron chi connectivity index (χ0n) is 15.7. The largest absolute Gasteiger partial charge is 0.495 e. The van der Waals surface area contributed by atoms with Gasteiger partial charge in [-0.2, -0.15) is 0 Å². The van der Waals surface area contributed by atoms with Crippen molar-refractivity contribution in [2.75, 3.05) is 19.0 Å². The number of methoxy groups -OCH3 is 1. The smallest absolute Gasteiger partial charge is 0.341 e. The summed E-state index contributed by atoms with van der Waals surface area (Å²) in [6, 6.07) is 9.59. The molecule has 2 heterocycles. The van der Waals surface area contributed by atoms with Crippen LogP contribution < -0.4 is 10.1 Å². The number of carbonyl (C=O) groups is 1. The number of rotatable bonds is 5. The Morgan fingerprint density at radius 1 is 1.19 bits per heavy atom. The van der Waals surface area contributed by atoms with Crippen LogP contribution in [-0.4, -0.2) is 29.7 Å². The maximum Gasteiger partial charge on any atom is 0.341 e. The molecule has 0 aliphatic rings. The van der Waals surface area contributed by atoms with Crippen LogP contribution in [0.3, 0.4) is 0 Å². The fraction of sp³-hybridized carbons (Fsp3) is 0.250. The van der Waals surface area contributed by atoms with Crippen molar-refractivity contribution < 1.29 is 14.3 Å². The zero-order valence-corrected chi connectivity index (χ0v) is 16.5. The minimum atomic E-state index is -0.434. The van der Waals surface area contributed by atoms with Crippen LogP contribution in [0.1, 0.15) is 28.5 Å². The van der Waals surface area contributed by atoms with Gasteiger partial charge in [0.15, 0.2) is 5.65 Å². The number of esters is 1. The Morgan fingerprint density at radius 2 is 1.96 bits per heavy atom. The van der Waals surface area contributed by atoms with Gasteiger partial charge in [-0.1, -0.05) is 6.07 Å². The molecule has 1 aromatic carbocycles. The molecular weight excluding hydrogens is 366 g/mol. The number of hydrogen-bond donors (Lipinski definition) is 1. The number of aryl methyl sites for hydroxylation is 2. The van der Waals surface area contributed by atoms with E-state index in [9.17, 15) is 4.79 Å². The molecule has 2 aromatic heterocycles. The predicted molar refractivity (Wildman–Crippen MR) is 108 cm³/mol. The average Bonchev–Trinajstić information content (AvgIpc) is 2.62. The molecule has 3 rings (SSSR count). The molecule has 0 spiro atoms. The molecule has 142 valence electrons. The summed E-state index contributed by atoms with van der Waals surface area (Å²) in [6.45, 7) is 5.95. The average molecular weight is 388 g/mol. The third kappa shape index (κ3) is 4.28. The van der Waals surface area contributed by atoms with Crippen LogP contribution in [-0.2, 0) is 4.74 Å². The molecule has 0 amide bonds. The highest BCUT2D eigenvalue weighted by Gasteiger charge is 2.18. The quantitative estimate of drug-likeness (QED) is 0.645. The Labute approximate surface area is 164 Å². The molecule has 27 heavy (non-hydrogen) atoms. The van der Waals surface area contributed by atoms with Crippen molar-refractivity contribution in [2.24, 2.45) is 0 Å². The molecule has 0 aliphatic heterocycles. The van der Waals surface area contributed by atoms with Gasteiger partial charge in [-0.3, -0.25) is 0 Å². The molecule has 0 saturated carbocycles. The molecule has 7 heteroatoms. The van der Waals surface area contributed by atoms with E-state index >= 15 is 0 Å². The van der Waals surface area contributed by atoms with Crippen molar-refractivity contribution in [3.05, 3.63) is 53.3 Å². The van der Waals surface area contributed by atoms with Gasteiger partial charge in [-0.15, -0.1) is 12.4 Å². The number of carbonyl (C=O) groups excluding carboxylic acids is 1. The Kier molecular flexibility index (Phi) is 6.58. The topological polar surface area (TPSA) is 73.3 Å². The molecule has 6 nitrogen and oxygen atoms in total. The van der Waals surface area contributed by atoms with Crippen LogP contribution in [0, 0.1) is 13.8 Å². The Balaban J connectivity index is 0.00000261. The molecule has 1 N–H and O–H groups in total. The summed E-state index contributed by atoms with van der Waals surface area (Å²) in [5.41, 5.74) is 4.20. The molecule has 0 radical (unpaired) electrons. The Morgan fingerprint density at radius 3 is 2.67 bits per heavy atom.